The van der Waals surface area contributed by atoms with Gasteiger partial charge in [0.15, 0.2) is 11.6 Å². The maximum atomic E-state index is 13.7. The summed E-state index contributed by atoms with van der Waals surface area (Å²) in [6.45, 7) is 0.922. The third-order valence-electron chi connectivity index (χ3n) is 5.72. The quantitative estimate of drug-likeness (QED) is 0.634. The number of rotatable bonds is 4. The first-order valence-electron chi connectivity index (χ1n) is 9.80. The van der Waals surface area contributed by atoms with Gasteiger partial charge in [-0.2, -0.15) is 13.2 Å². The molecule has 0 aromatic heterocycles. The lowest BCUT2D eigenvalue weighted by molar-refractivity contribution is -0.137. The first kappa shape index (κ1) is 20.6. The fraction of sp³-hybridized carbons (Fsp3) is 0.409. The van der Waals surface area contributed by atoms with Crippen molar-refractivity contribution < 1.29 is 31.5 Å². The second-order valence-corrected chi connectivity index (χ2v) is 7.79. The number of carbonyl (C=O) groups is 1. The highest BCUT2D eigenvalue weighted by Crippen LogP contribution is 2.49. The molecule has 30 heavy (non-hydrogen) atoms. The van der Waals surface area contributed by atoms with Crippen LogP contribution in [0.2, 0.25) is 0 Å². The molecule has 4 rings (SSSR count). The molecule has 2 fully saturated rings. The van der Waals surface area contributed by atoms with E-state index in [-0.39, 0.29) is 29.6 Å². The molecule has 2 aliphatic rings. The minimum absolute atomic E-state index is 0.00805. The standard InChI is InChI=1S/C22H20F5NO2/c23-15-5-6-20(19(24)11-15)30-16-7-9-28(10-8-16)21(29)18-12-17(18)13-1-3-14(4-2-13)22(25,26)27/h1-6,11,16-18H,7-10,12H2. The normalized spacial score (nSPS) is 22.1. The van der Waals surface area contributed by atoms with Crippen molar-refractivity contribution in [2.45, 2.75) is 37.5 Å². The Hall–Kier alpha value is -2.64. The monoisotopic (exact) mass is 425 g/mol. The summed E-state index contributed by atoms with van der Waals surface area (Å²) >= 11 is 0. The third-order valence-corrected chi connectivity index (χ3v) is 5.72. The van der Waals surface area contributed by atoms with Crippen LogP contribution in [0.25, 0.3) is 0 Å². The number of ether oxygens (including phenoxy) is 1. The van der Waals surface area contributed by atoms with E-state index in [1.807, 2.05) is 0 Å². The van der Waals surface area contributed by atoms with E-state index < -0.39 is 23.4 Å². The lowest BCUT2D eigenvalue weighted by atomic mass is 10.0. The van der Waals surface area contributed by atoms with E-state index in [1.54, 1.807) is 4.90 Å². The molecule has 2 atom stereocenters. The van der Waals surface area contributed by atoms with Gasteiger partial charge in [-0.1, -0.05) is 12.1 Å². The zero-order valence-corrected chi connectivity index (χ0v) is 16.0. The van der Waals surface area contributed by atoms with Gasteiger partial charge in [0.2, 0.25) is 5.91 Å². The third kappa shape index (κ3) is 4.42. The van der Waals surface area contributed by atoms with Crippen molar-refractivity contribution in [3.05, 3.63) is 65.2 Å². The lowest BCUT2D eigenvalue weighted by Gasteiger charge is -2.32. The maximum absolute atomic E-state index is 13.7. The van der Waals surface area contributed by atoms with Crippen molar-refractivity contribution >= 4 is 5.91 Å². The summed E-state index contributed by atoms with van der Waals surface area (Å²) in [7, 11) is 0. The first-order chi connectivity index (χ1) is 14.2. The van der Waals surface area contributed by atoms with Gasteiger partial charge < -0.3 is 9.64 Å². The Kier molecular flexibility index (Phi) is 5.42. The molecule has 0 spiro atoms. The van der Waals surface area contributed by atoms with Crippen LogP contribution in [0.1, 0.15) is 36.3 Å². The zero-order valence-electron chi connectivity index (χ0n) is 16.0. The molecule has 0 N–H and O–H groups in total. The summed E-state index contributed by atoms with van der Waals surface area (Å²) in [6.07, 6.45) is -2.96. The predicted molar refractivity (Wildman–Crippen MR) is 98.9 cm³/mol. The van der Waals surface area contributed by atoms with Crippen LogP contribution >= 0.6 is 0 Å². The number of hydrogen-bond acceptors (Lipinski definition) is 2. The van der Waals surface area contributed by atoms with E-state index in [1.165, 1.54) is 18.2 Å². The Balaban J connectivity index is 1.29. The topological polar surface area (TPSA) is 29.5 Å². The van der Waals surface area contributed by atoms with Crippen LogP contribution in [0.15, 0.2) is 42.5 Å². The van der Waals surface area contributed by atoms with Crippen LogP contribution in [0.4, 0.5) is 22.0 Å². The molecule has 0 radical (unpaired) electrons. The van der Waals surface area contributed by atoms with Gasteiger partial charge in [-0.25, -0.2) is 8.78 Å². The van der Waals surface area contributed by atoms with E-state index in [4.69, 9.17) is 4.74 Å². The van der Waals surface area contributed by atoms with Crippen LogP contribution in [0.3, 0.4) is 0 Å². The van der Waals surface area contributed by atoms with Crippen LogP contribution in [0.5, 0.6) is 5.75 Å². The van der Waals surface area contributed by atoms with E-state index >= 15 is 0 Å². The molecule has 1 saturated carbocycles. The summed E-state index contributed by atoms with van der Waals surface area (Å²) in [4.78, 5) is 14.5. The fourth-order valence-corrected chi connectivity index (χ4v) is 3.93. The largest absolute Gasteiger partial charge is 0.487 e. The highest BCUT2D eigenvalue weighted by Gasteiger charge is 2.46. The Labute approximate surface area is 170 Å². The molecule has 8 heteroatoms. The zero-order chi connectivity index (χ0) is 21.5. The van der Waals surface area contributed by atoms with Gasteiger partial charge in [0.05, 0.1) is 5.56 Å². The minimum atomic E-state index is -4.37. The summed E-state index contributed by atoms with van der Waals surface area (Å²) in [5.74, 6) is -1.72. The molecule has 2 aromatic carbocycles. The smallest absolute Gasteiger partial charge is 0.416 e. The SMILES string of the molecule is O=C(C1CC1c1ccc(C(F)(F)F)cc1)N1CCC(Oc2ccc(F)cc2F)CC1. The van der Waals surface area contributed by atoms with Gasteiger partial charge in [-0.15, -0.1) is 0 Å². The van der Waals surface area contributed by atoms with Crippen molar-refractivity contribution in [1.82, 2.24) is 4.90 Å². The second-order valence-electron chi connectivity index (χ2n) is 7.79. The molecule has 1 saturated heterocycles. The average Bonchev–Trinajstić information content (AvgIpc) is 3.50. The molecule has 0 bridgehead atoms. The van der Waals surface area contributed by atoms with E-state index in [0.717, 1.165) is 29.8 Å². The molecular weight excluding hydrogens is 405 g/mol. The Morgan fingerprint density at radius 1 is 1.00 bits per heavy atom. The van der Waals surface area contributed by atoms with Crippen LogP contribution in [-0.4, -0.2) is 30.0 Å². The lowest BCUT2D eigenvalue weighted by Crippen LogP contribution is -2.42. The maximum Gasteiger partial charge on any atom is 0.416 e. The van der Waals surface area contributed by atoms with Gasteiger partial charge in [0.25, 0.3) is 0 Å². The number of likely N-dealkylation sites (tertiary alicyclic amines) is 1. The predicted octanol–water partition coefficient (Wildman–Crippen LogP) is 5.16. The van der Waals surface area contributed by atoms with Gasteiger partial charge in [-0.05, 0) is 42.2 Å². The van der Waals surface area contributed by atoms with Crippen LogP contribution in [0, 0.1) is 17.6 Å². The molecular formula is C22H20F5NO2. The van der Waals surface area contributed by atoms with Crippen molar-refractivity contribution in [2.24, 2.45) is 5.92 Å². The molecule has 3 nitrogen and oxygen atoms in total. The number of nitrogens with zero attached hydrogens (tertiary/aromatic N) is 1. The van der Waals surface area contributed by atoms with Crippen molar-refractivity contribution in [2.75, 3.05) is 13.1 Å². The highest BCUT2D eigenvalue weighted by molar-refractivity contribution is 5.83. The number of amides is 1. The van der Waals surface area contributed by atoms with Gasteiger partial charge in [-0.3, -0.25) is 4.79 Å². The first-order valence-corrected chi connectivity index (χ1v) is 9.80. The number of benzene rings is 2. The number of piperidine rings is 1. The molecule has 1 heterocycles. The molecule has 2 aromatic rings. The summed E-state index contributed by atoms with van der Waals surface area (Å²) in [6, 6.07) is 8.13. The van der Waals surface area contributed by atoms with Crippen LogP contribution in [-0.2, 0) is 11.0 Å². The fourth-order valence-electron chi connectivity index (χ4n) is 3.93. The van der Waals surface area contributed by atoms with Crippen molar-refractivity contribution in [3.63, 3.8) is 0 Å². The summed E-state index contributed by atoms with van der Waals surface area (Å²) < 4.78 is 70.4. The highest BCUT2D eigenvalue weighted by atomic mass is 19.4. The number of hydrogen-bond donors (Lipinski definition) is 0. The van der Waals surface area contributed by atoms with E-state index in [2.05, 4.69) is 0 Å². The summed E-state index contributed by atoms with van der Waals surface area (Å²) in [5.41, 5.74) is 0.0424. The molecule has 1 aliphatic carbocycles. The second kappa shape index (κ2) is 7.89. The molecule has 160 valence electrons. The van der Waals surface area contributed by atoms with Gasteiger partial charge >= 0.3 is 6.18 Å². The summed E-state index contributed by atoms with van der Waals surface area (Å²) in [5, 5.41) is 0. The Morgan fingerprint density at radius 3 is 2.27 bits per heavy atom. The molecule has 1 aliphatic heterocycles. The Bertz CT molecular complexity index is 920. The van der Waals surface area contributed by atoms with Gasteiger partial charge in [0, 0.05) is 37.9 Å². The van der Waals surface area contributed by atoms with Crippen LogP contribution < -0.4 is 4.74 Å². The van der Waals surface area contributed by atoms with Crippen molar-refractivity contribution in [1.29, 1.82) is 0 Å². The number of alkyl halides is 3. The van der Waals surface area contributed by atoms with Gasteiger partial charge in [0.1, 0.15) is 11.9 Å². The van der Waals surface area contributed by atoms with Crippen molar-refractivity contribution in [3.8, 4) is 5.75 Å². The van der Waals surface area contributed by atoms with E-state index in [0.29, 0.717) is 32.4 Å². The Morgan fingerprint density at radius 2 is 1.67 bits per heavy atom. The minimum Gasteiger partial charge on any atom is -0.487 e. The average molecular weight is 425 g/mol. The van der Waals surface area contributed by atoms with E-state index in [9.17, 15) is 26.7 Å². The molecule has 1 amide bonds. The number of carbonyl (C=O) groups excluding carboxylic acids is 1. The molecule has 2 unspecified atom stereocenters. The number of halogens is 5.